The molecule has 0 bridgehead atoms. The summed E-state index contributed by atoms with van der Waals surface area (Å²) in [7, 11) is -7.55. The third-order valence-electron chi connectivity index (χ3n) is 4.71. The summed E-state index contributed by atoms with van der Waals surface area (Å²) in [5.41, 5.74) is 8.85. The highest BCUT2D eigenvalue weighted by atomic mass is 32.2. The number of hydrogen-bond donors (Lipinski definition) is 2. The van der Waals surface area contributed by atoms with Gasteiger partial charge >= 0.3 is 0 Å². The van der Waals surface area contributed by atoms with Crippen LogP contribution in [0.2, 0.25) is 0 Å². The van der Waals surface area contributed by atoms with Crippen molar-refractivity contribution in [2.24, 2.45) is 5.73 Å². The van der Waals surface area contributed by atoms with E-state index in [1.54, 1.807) is 54.6 Å². The molecule has 3 N–H and O–H groups in total. The number of aryl methyl sites for hydroxylation is 2. The van der Waals surface area contributed by atoms with Crippen LogP contribution >= 0.6 is 0 Å². The molecular formula is C22H24N2O4S2. The van der Waals surface area contributed by atoms with Gasteiger partial charge in [0.15, 0.2) is 9.84 Å². The predicted octanol–water partition coefficient (Wildman–Crippen LogP) is 3.54. The highest BCUT2D eigenvalue weighted by Gasteiger charge is 2.21. The summed E-state index contributed by atoms with van der Waals surface area (Å²) < 4.78 is 54.0. The Morgan fingerprint density at radius 1 is 0.767 bits per heavy atom. The van der Waals surface area contributed by atoms with Gasteiger partial charge in [-0.3, -0.25) is 4.72 Å². The molecule has 8 heteroatoms. The Labute approximate surface area is 177 Å². The molecule has 3 rings (SSSR count). The number of hydrogen-bond acceptors (Lipinski definition) is 5. The van der Waals surface area contributed by atoms with E-state index >= 15 is 0 Å². The standard InChI is InChI=1S/C22H24N2O4S2/c1-16-3-8-20(9-4-16)29(25,26)15-19-13-18(14-23)7-12-22(19)24-30(27,28)21-10-5-17(2)6-11-21/h3-13,24H,14-15,23H2,1-2H3. The van der Waals surface area contributed by atoms with Gasteiger partial charge in [-0.2, -0.15) is 0 Å². The molecule has 0 aromatic heterocycles. The van der Waals surface area contributed by atoms with Gasteiger partial charge in [-0.15, -0.1) is 0 Å². The molecule has 0 saturated heterocycles. The molecule has 3 aromatic carbocycles. The monoisotopic (exact) mass is 444 g/mol. The topological polar surface area (TPSA) is 106 Å². The molecule has 3 aromatic rings. The molecule has 0 aliphatic rings. The average Bonchev–Trinajstić information content (AvgIpc) is 2.69. The van der Waals surface area contributed by atoms with Crippen LogP contribution < -0.4 is 10.5 Å². The third-order valence-corrected chi connectivity index (χ3v) is 7.77. The second kappa shape index (κ2) is 8.59. The maximum Gasteiger partial charge on any atom is 0.261 e. The summed E-state index contributed by atoms with van der Waals surface area (Å²) >= 11 is 0. The minimum absolute atomic E-state index is 0.100. The highest BCUT2D eigenvalue weighted by molar-refractivity contribution is 7.92. The van der Waals surface area contributed by atoms with E-state index in [-0.39, 0.29) is 27.8 Å². The number of anilines is 1. The highest BCUT2D eigenvalue weighted by Crippen LogP contribution is 2.26. The van der Waals surface area contributed by atoms with E-state index in [1.807, 2.05) is 13.8 Å². The normalized spacial score (nSPS) is 12.0. The van der Waals surface area contributed by atoms with Crippen molar-refractivity contribution in [1.29, 1.82) is 0 Å². The molecule has 0 heterocycles. The van der Waals surface area contributed by atoms with Gasteiger partial charge in [-0.1, -0.05) is 47.5 Å². The van der Waals surface area contributed by atoms with Crippen LogP contribution in [0.15, 0.2) is 76.5 Å². The fourth-order valence-electron chi connectivity index (χ4n) is 2.95. The van der Waals surface area contributed by atoms with Gasteiger partial charge in [0, 0.05) is 6.54 Å². The van der Waals surface area contributed by atoms with Crippen molar-refractivity contribution in [2.45, 2.75) is 35.9 Å². The van der Waals surface area contributed by atoms with Gasteiger partial charge in [0.2, 0.25) is 0 Å². The molecule has 0 radical (unpaired) electrons. The first kappa shape index (κ1) is 22.0. The second-order valence-electron chi connectivity index (χ2n) is 7.19. The van der Waals surface area contributed by atoms with Crippen LogP contribution in [-0.2, 0) is 32.2 Å². The number of nitrogens with one attached hydrogen (secondary N) is 1. The van der Waals surface area contributed by atoms with E-state index in [0.717, 1.165) is 11.1 Å². The molecule has 6 nitrogen and oxygen atoms in total. The van der Waals surface area contributed by atoms with Crippen molar-refractivity contribution < 1.29 is 16.8 Å². The molecule has 0 saturated carbocycles. The molecule has 0 unspecified atom stereocenters. The Bertz CT molecular complexity index is 1250. The smallest absolute Gasteiger partial charge is 0.261 e. The number of nitrogens with two attached hydrogens (primary N) is 1. The lowest BCUT2D eigenvalue weighted by atomic mass is 10.1. The van der Waals surface area contributed by atoms with Crippen molar-refractivity contribution in [1.82, 2.24) is 0 Å². The maximum absolute atomic E-state index is 12.9. The number of benzene rings is 3. The van der Waals surface area contributed by atoms with Crippen LogP contribution in [0.1, 0.15) is 22.3 Å². The first-order chi connectivity index (χ1) is 14.1. The number of sulfonamides is 1. The number of sulfone groups is 1. The summed E-state index contributed by atoms with van der Waals surface area (Å²) in [6, 6.07) is 17.8. The van der Waals surface area contributed by atoms with Crippen molar-refractivity contribution in [3.8, 4) is 0 Å². The zero-order valence-electron chi connectivity index (χ0n) is 16.8. The fraction of sp³-hybridized carbons (Fsp3) is 0.182. The van der Waals surface area contributed by atoms with Crippen LogP contribution in [0, 0.1) is 13.8 Å². The lowest BCUT2D eigenvalue weighted by Crippen LogP contribution is -2.16. The second-order valence-corrected chi connectivity index (χ2v) is 10.9. The molecule has 30 heavy (non-hydrogen) atoms. The Kier molecular flexibility index (Phi) is 6.30. The molecule has 158 valence electrons. The van der Waals surface area contributed by atoms with Crippen molar-refractivity contribution >= 4 is 25.5 Å². The largest absolute Gasteiger partial charge is 0.326 e. The van der Waals surface area contributed by atoms with E-state index < -0.39 is 19.9 Å². The summed E-state index contributed by atoms with van der Waals surface area (Å²) in [5.74, 6) is -0.352. The Balaban J connectivity index is 1.98. The zero-order chi connectivity index (χ0) is 21.9. The van der Waals surface area contributed by atoms with Crippen molar-refractivity contribution in [3.05, 3.63) is 89.0 Å². The predicted molar refractivity (Wildman–Crippen MR) is 118 cm³/mol. The third kappa shape index (κ3) is 5.08. The Hall–Kier alpha value is -2.68. The van der Waals surface area contributed by atoms with Crippen molar-refractivity contribution in [2.75, 3.05) is 4.72 Å². The van der Waals surface area contributed by atoms with E-state index in [4.69, 9.17) is 5.73 Å². The van der Waals surface area contributed by atoms with Gasteiger partial charge < -0.3 is 5.73 Å². The van der Waals surface area contributed by atoms with Gasteiger partial charge in [-0.05, 0) is 55.3 Å². The lowest BCUT2D eigenvalue weighted by Gasteiger charge is -2.15. The van der Waals surface area contributed by atoms with Crippen LogP contribution in [0.5, 0.6) is 0 Å². The summed E-state index contributed by atoms with van der Waals surface area (Å²) in [6.45, 7) is 3.95. The molecular weight excluding hydrogens is 420 g/mol. The summed E-state index contributed by atoms with van der Waals surface area (Å²) in [6.07, 6.45) is 0. The fourth-order valence-corrected chi connectivity index (χ4v) is 5.41. The van der Waals surface area contributed by atoms with Crippen LogP contribution in [0.4, 0.5) is 5.69 Å². The zero-order valence-corrected chi connectivity index (χ0v) is 18.4. The molecule has 0 fully saturated rings. The van der Waals surface area contributed by atoms with E-state index in [1.165, 1.54) is 12.1 Å². The maximum atomic E-state index is 12.9. The summed E-state index contributed by atoms with van der Waals surface area (Å²) in [4.78, 5) is 0.280. The van der Waals surface area contributed by atoms with Gasteiger partial charge in [0.05, 0.1) is 21.2 Å². The minimum atomic E-state index is -3.87. The van der Waals surface area contributed by atoms with E-state index in [9.17, 15) is 16.8 Å². The summed E-state index contributed by atoms with van der Waals surface area (Å²) in [5, 5.41) is 0. The van der Waals surface area contributed by atoms with Crippen LogP contribution in [-0.4, -0.2) is 16.8 Å². The molecule has 0 atom stereocenters. The Morgan fingerprint density at radius 3 is 1.83 bits per heavy atom. The van der Waals surface area contributed by atoms with Crippen LogP contribution in [0.25, 0.3) is 0 Å². The van der Waals surface area contributed by atoms with Gasteiger partial charge in [-0.25, -0.2) is 16.8 Å². The number of rotatable bonds is 7. The first-order valence-electron chi connectivity index (χ1n) is 9.31. The first-order valence-corrected chi connectivity index (χ1v) is 12.4. The molecule has 0 aliphatic heterocycles. The SMILES string of the molecule is Cc1ccc(S(=O)(=O)Cc2cc(CN)ccc2NS(=O)(=O)c2ccc(C)cc2)cc1. The van der Waals surface area contributed by atoms with Crippen molar-refractivity contribution in [3.63, 3.8) is 0 Å². The minimum Gasteiger partial charge on any atom is -0.326 e. The van der Waals surface area contributed by atoms with Gasteiger partial charge in [0.1, 0.15) is 0 Å². The van der Waals surface area contributed by atoms with Crippen LogP contribution in [0.3, 0.4) is 0 Å². The van der Waals surface area contributed by atoms with E-state index in [0.29, 0.717) is 11.1 Å². The molecule has 0 amide bonds. The average molecular weight is 445 g/mol. The lowest BCUT2D eigenvalue weighted by molar-refractivity contribution is 0.594. The molecule has 0 aliphatic carbocycles. The quantitative estimate of drug-likeness (QED) is 0.580. The van der Waals surface area contributed by atoms with Gasteiger partial charge in [0.25, 0.3) is 10.0 Å². The Morgan fingerprint density at radius 2 is 1.30 bits per heavy atom. The van der Waals surface area contributed by atoms with E-state index in [2.05, 4.69) is 4.72 Å². The molecule has 0 spiro atoms.